The summed E-state index contributed by atoms with van der Waals surface area (Å²) in [6.07, 6.45) is 0. The van der Waals surface area contributed by atoms with Crippen LogP contribution in [0.5, 0.6) is 0 Å². The minimum Gasteiger partial charge on any atom is -0.351 e. The Hall–Kier alpha value is -3.49. The van der Waals surface area contributed by atoms with Crippen molar-refractivity contribution in [3.63, 3.8) is 0 Å². The highest BCUT2D eigenvalue weighted by Gasteiger charge is 2.17. The smallest absolute Gasteiger partial charge is 0.316 e. The van der Waals surface area contributed by atoms with Crippen LogP contribution in [0.1, 0.15) is 21.7 Å². The number of nitrogens with two attached hydrogens (primary N) is 1. The first-order valence-corrected chi connectivity index (χ1v) is 7.35. The standard InChI is InChI=1S/C16H15FN6O2/c1-7-5-10(13-8(2)22-23-14(13)19-7)15(24)20-9-3-4-11(17)12(6-9)21-16(18)25/h3-6H,1-2H3,(H,20,24)(H3,18,21,25)(H,19,22,23). The zero-order chi connectivity index (χ0) is 18.1. The highest BCUT2D eigenvalue weighted by atomic mass is 19.1. The summed E-state index contributed by atoms with van der Waals surface area (Å²) in [6, 6.07) is 4.53. The van der Waals surface area contributed by atoms with E-state index in [4.69, 9.17) is 5.73 Å². The number of hydrogen-bond donors (Lipinski definition) is 4. The number of aryl methyl sites for hydroxylation is 2. The molecule has 5 N–H and O–H groups in total. The predicted octanol–water partition coefficient (Wildman–Crippen LogP) is 2.46. The number of aromatic nitrogens is 3. The molecule has 1 aromatic carbocycles. The van der Waals surface area contributed by atoms with Crippen molar-refractivity contribution in [1.29, 1.82) is 0 Å². The van der Waals surface area contributed by atoms with E-state index in [0.29, 0.717) is 33.7 Å². The summed E-state index contributed by atoms with van der Waals surface area (Å²) in [5, 5.41) is 12.3. The average Bonchev–Trinajstić information content (AvgIpc) is 2.90. The van der Waals surface area contributed by atoms with Crippen LogP contribution in [0.15, 0.2) is 24.3 Å². The second-order valence-corrected chi connectivity index (χ2v) is 5.50. The molecule has 2 heterocycles. The van der Waals surface area contributed by atoms with Gasteiger partial charge in [-0.1, -0.05) is 0 Å². The molecule has 0 aliphatic rings. The topological polar surface area (TPSA) is 126 Å². The van der Waals surface area contributed by atoms with Crippen LogP contribution in [0.2, 0.25) is 0 Å². The molecule has 3 aromatic rings. The van der Waals surface area contributed by atoms with E-state index >= 15 is 0 Å². The molecule has 3 amide bonds. The van der Waals surface area contributed by atoms with Crippen LogP contribution in [0.25, 0.3) is 11.0 Å². The van der Waals surface area contributed by atoms with Crippen molar-refractivity contribution >= 4 is 34.3 Å². The van der Waals surface area contributed by atoms with E-state index in [0.717, 1.165) is 6.07 Å². The number of nitrogens with zero attached hydrogens (tertiary/aromatic N) is 2. The zero-order valence-electron chi connectivity index (χ0n) is 13.5. The Labute approximate surface area is 141 Å². The number of primary amides is 1. The maximum Gasteiger partial charge on any atom is 0.316 e. The highest BCUT2D eigenvalue weighted by molar-refractivity contribution is 6.12. The molecule has 8 nitrogen and oxygen atoms in total. The monoisotopic (exact) mass is 342 g/mol. The van der Waals surface area contributed by atoms with Gasteiger partial charge in [-0.25, -0.2) is 14.2 Å². The molecule has 0 bridgehead atoms. The first-order valence-electron chi connectivity index (χ1n) is 7.35. The molecule has 0 aliphatic heterocycles. The number of aromatic amines is 1. The van der Waals surface area contributed by atoms with Gasteiger partial charge >= 0.3 is 6.03 Å². The summed E-state index contributed by atoms with van der Waals surface area (Å²) in [6.45, 7) is 3.54. The fourth-order valence-corrected chi connectivity index (χ4v) is 2.51. The lowest BCUT2D eigenvalue weighted by Crippen LogP contribution is -2.20. The van der Waals surface area contributed by atoms with E-state index in [2.05, 4.69) is 25.8 Å². The number of carbonyl (C=O) groups is 2. The van der Waals surface area contributed by atoms with Gasteiger partial charge in [0.25, 0.3) is 5.91 Å². The molecule has 9 heteroatoms. The summed E-state index contributed by atoms with van der Waals surface area (Å²) in [5.74, 6) is -1.07. The van der Waals surface area contributed by atoms with E-state index in [9.17, 15) is 14.0 Å². The van der Waals surface area contributed by atoms with E-state index < -0.39 is 17.8 Å². The van der Waals surface area contributed by atoms with Crippen LogP contribution in [-0.4, -0.2) is 27.1 Å². The van der Waals surface area contributed by atoms with E-state index in [1.165, 1.54) is 12.1 Å². The summed E-state index contributed by atoms with van der Waals surface area (Å²) < 4.78 is 13.7. The highest BCUT2D eigenvalue weighted by Crippen LogP contribution is 2.23. The third kappa shape index (κ3) is 3.25. The summed E-state index contributed by atoms with van der Waals surface area (Å²) in [4.78, 5) is 27.8. The Morgan fingerprint density at radius 3 is 2.68 bits per heavy atom. The fraction of sp³-hybridized carbons (Fsp3) is 0.125. The third-order valence-electron chi connectivity index (χ3n) is 3.56. The van der Waals surface area contributed by atoms with Gasteiger partial charge in [-0.2, -0.15) is 5.10 Å². The number of nitrogens with one attached hydrogen (secondary N) is 3. The molecular formula is C16H15FN6O2. The molecule has 0 aliphatic carbocycles. The van der Waals surface area contributed by atoms with Gasteiger partial charge in [0.1, 0.15) is 5.82 Å². The number of anilines is 2. The van der Waals surface area contributed by atoms with E-state index in [-0.39, 0.29) is 5.69 Å². The van der Waals surface area contributed by atoms with Crippen LogP contribution in [-0.2, 0) is 0 Å². The number of hydrogen-bond acceptors (Lipinski definition) is 4. The molecule has 0 saturated carbocycles. The Kier molecular flexibility index (Phi) is 4.05. The third-order valence-corrected chi connectivity index (χ3v) is 3.56. The van der Waals surface area contributed by atoms with E-state index in [1.807, 2.05) is 0 Å². The number of urea groups is 1. The molecule has 25 heavy (non-hydrogen) atoms. The minimum absolute atomic E-state index is 0.124. The number of pyridine rings is 1. The molecule has 3 rings (SSSR count). The second kappa shape index (κ2) is 6.19. The number of benzene rings is 1. The van der Waals surface area contributed by atoms with Gasteiger partial charge in [-0.15, -0.1) is 0 Å². The Balaban J connectivity index is 1.96. The number of fused-ring (bicyclic) bond motifs is 1. The molecule has 0 fully saturated rings. The SMILES string of the molecule is Cc1cc(C(=O)Nc2ccc(F)c(NC(N)=O)c2)c2c(C)[nH]nc2n1. The quantitative estimate of drug-likeness (QED) is 0.583. The van der Waals surface area contributed by atoms with Gasteiger partial charge in [0.2, 0.25) is 0 Å². The van der Waals surface area contributed by atoms with Crippen molar-refractivity contribution < 1.29 is 14.0 Å². The van der Waals surface area contributed by atoms with Gasteiger partial charge < -0.3 is 16.4 Å². The Morgan fingerprint density at radius 1 is 1.20 bits per heavy atom. The van der Waals surface area contributed by atoms with Gasteiger partial charge in [-0.3, -0.25) is 9.89 Å². The molecule has 0 atom stereocenters. The minimum atomic E-state index is -0.900. The lowest BCUT2D eigenvalue weighted by molar-refractivity contribution is 0.102. The van der Waals surface area contributed by atoms with Crippen molar-refractivity contribution in [3.8, 4) is 0 Å². The van der Waals surface area contributed by atoms with Crippen LogP contribution in [0.3, 0.4) is 0 Å². The molecule has 128 valence electrons. The Morgan fingerprint density at radius 2 is 1.96 bits per heavy atom. The maximum atomic E-state index is 13.7. The maximum absolute atomic E-state index is 13.7. The lowest BCUT2D eigenvalue weighted by Gasteiger charge is -2.10. The van der Waals surface area contributed by atoms with Crippen LogP contribution in [0.4, 0.5) is 20.6 Å². The largest absolute Gasteiger partial charge is 0.351 e. The number of rotatable bonds is 3. The van der Waals surface area contributed by atoms with Crippen LogP contribution < -0.4 is 16.4 Å². The number of carbonyl (C=O) groups excluding carboxylic acids is 2. The number of H-pyrrole nitrogens is 1. The summed E-state index contributed by atoms with van der Waals surface area (Å²) >= 11 is 0. The van der Waals surface area contributed by atoms with Gasteiger partial charge in [-0.05, 0) is 38.1 Å². The molecule has 2 aromatic heterocycles. The fourth-order valence-electron chi connectivity index (χ4n) is 2.51. The molecular weight excluding hydrogens is 327 g/mol. The van der Waals surface area contributed by atoms with Crippen molar-refractivity contribution in [1.82, 2.24) is 15.2 Å². The summed E-state index contributed by atoms with van der Waals surface area (Å²) in [7, 11) is 0. The zero-order valence-corrected chi connectivity index (χ0v) is 13.5. The molecule has 0 spiro atoms. The van der Waals surface area contributed by atoms with Gasteiger partial charge in [0, 0.05) is 17.1 Å². The lowest BCUT2D eigenvalue weighted by atomic mass is 10.1. The number of amides is 3. The predicted molar refractivity (Wildman–Crippen MR) is 90.9 cm³/mol. The molecule has 0 saturated heterocycles. The van der Waals surface area contributed by atoms with Crippen LogP contribution >= 0.6 is 0 Å². The van der Waals surface area contributed by atoms with Crippen molar-refractivity contribution in [2.75, 3.05) is 10.6 Å². The van der Waals surface area contributed by atoms with Gasteiger partial charge in [0.05, 0.1) is 16.6 Å². The first kappa shape index (κ1) is 16.4. The van der Waals surface area contributed by atoms with Gasteiger partial charge in [0.15, 0.2) is 5.65 Å². The van der Waals surface area contributed by atoms with Crippen molar-refractivity contribution in [2.45, 2.75) is 13.8 Å². The molecule has 0 radical (unpaired) electrons. The summed E-state index contributed by atoms with van der Waals surface area (Å²) in [5.41, 5.74) is 7.36. The first-order chi connectivity index (χ1) is 11.8. The van der Waals surface area contributed by atoms with Crippen LogP contribution in [0, 0.1) is 19.7 Å². The van der Waals surface area contributed by atoms with Crippen molar-refractivity contribution in [3.05, 3.63) is 47.0 Å². The number of halogens is 1. The Bertz CT molecular complexity index is 998. The normalized spacial score (nSPS) is 10.7. The second-order valence-electron chi connectivity index (χ2n) is 5.50. The average molecular weight is 342 g/mol. The molecule has 0 unspecified atom stereocenters. The van der Waals surface area contributed by atoms with E-state index in [1.54, 1.807) is 19.9 Å². The van der Waals surface area contributed by atoms with Crippen molar-refractivity contribution in [2.24, 2.45) is 5.73 Å².